The number of carbonyl (C=O) groups is 3. The van der Waals surface area contributed by atoms with Gasteiger partial charge in [0.1, 0.15) is 11.8 Å². The Morgan fingerprint density at radius 1 is 0.773 bits per heavy atom. The largest absolute Gasteiger partial charge is 0.494 e. The van der Waals surface area contributed by atoms with Gasteiger partial charge in [0, 0.05) is 30.1 Å². The molecule has 0 aliphatic rings. The molecule has 0 heterocycles. The average molecular weight is 613 g/mol. The summed E-state index contributed by atoms with van der Waals surface area (Å²) in [5.41, 5.74) is 15.7. The summed E-state index contributed by atoms with van der Waals surface area (Å²) < 4.78 is 5.56. The van der Waals surface area contributed by atoms with Crippen LogP contribution in [0.5, 0.6) is 5.75 Å². The van der Waals surface area contributed by atoms with E-state index in [4.69, 9.17) is 27.8 Å². The number of nitrogens with two attached hydrogens (primary N) is 2. The van der Waals surface area contributed by atoms with Crippen molar-refractivity contribution >= 4 is 29.3 Å². The summed E-state index contributed by atoms with van der Waals surface area (Å²) in [6, 6.07) is 28.1. The van der Waals surface area contributed by atoms with Crippen LogP contribution < -0.4 is 26.8 Å². The Morgan fingerprint density at radius 3 is 2.00 bits per heavy atom. The lowest BCUT2D eigenvalue weighted by atomic mass is 9.87. The molecule has 0 aliphatic carbocycles. The Hall–Kier alpha value is -4.66. The number of ether oxygens (including phenoxy) is 1. The van der Waals surface area contributed by atoms with Crippen LogP contribution in [0.4, 0.5) is 0 Å². The Balaban J connectivity index is 1.61. The van der Waals surface area contributed by atoms with Gasteiger partial charge in [-0.2, -0.15) is 0 Å². The zero-order valence-corrected chi connectivity index (χ0v) is 25.3. The van der Waals surface area contributed by atoms with E-state index in [1.807, 2.05) is 67.6 Å². The summed E-state index contributed by atoms with van der Waals surface area (Å²) in [5.74, 6) is -1.48. The van der Waals surface area contributed by atoms with Crippen molar-refractivity contribution in [3.05, 3.63) is 135 Å². The fourth-order valence-electron chi connectivity index (χ4n) is 4.94. The number of nitrogens with one attached hydrogen (secondary N) is 2. The van der Waals surface area contributed by atoms with Gasteiger partial charge in [-0.3, -0.25) is 14.4 Å². The Morgan fingerprint density at radius 2 is 1.36 bits per heavy atom. The molecule has 0 radical (unpaired) electrons. The second-order valence-electron chi connectivity index (χ2n) is 10.4. The van der Waals surface area contributed by atoms with E-state index < -0.39 is 23.8 Å². The summed E-state index contributed by atoms with van der Waals surface area (Å²) in [7, 11) is 0. The number of primary amides is 1. The van der Waals surface area contributed by atoms with Gasteiger partial charge in [-0.1, -0.05) is 78.3 Å². The monoisotopic (exact) mass is 612 g/mol. The normalized spacial score (nSPS) is 12.2. The minimum Gasteiger partial charge on any atom is -0.494 e. The molecule has 0 bridgehead atoms. The first-order valence-electron chi connectivity index (χ1n) is 14.5. The topological polar surface area (TPSA) is 137 Å². The van der Waals surface area contributed by atoms with Gasteiger partial charge < -0.3 is 26.8 Å². The van der Waals surface area contributed by atoms with Crippen molar-refractivity contribution in [3.63, 3.8) is 0 Å². The van der Waals surface area contributed by atoms with E-state index in [-0.39, 0.29) is 30.9 Å². The molecule has 0 spiro atoms. The van der Waals surface area contributed by atoms with Crippen molar-refractivity contribution in [2.75, 3.05) is 6.61 Å². The zero-order valence-electron chi connectivity index (χ0n) is 24.6. The molecule has 44 heavy (non-hydrogen) atoms. The van der Waals surface area contributed by atoms with Crippen molar-refractivity contribution in [1.82, 2.24) is 10.6 Å². The third-order valence-corrected chi connectivity index (χ3v) is 7.56. The highest BCUT2D eigenvalue weighted by atomic mass is 35.5. The molecule has 4 aromatic carbocycles. The van der Waals surface area contributed by atoms with Gasteiger partial charge in [0.2, 0.25) is 17.7 Å². The molecular weight excluding hydrogens is 576 g/mol. The number of amides is 3. The van der Waals surface area contributed by atoms with Crippen LogP contribution >= 0.6 is 11.6 Å². The smallest absolute Gasteiger partial charge is 0.249 e. The minimum absolute atomic E-state index is 0.230. The van der Waals surface area contributed by atoms with Crippen molar-refractivity contribution in [2.45, 2.75) is 44.8 Å². The quantitative estimate of drug-likeness (QED) is 0.164. The number of carbonyl (C=O) groups excluding carboxylic acids is 3. The standard InChI is InChI=1S/C35H37ClN4O4/c1-2-44-28-17-13-23(14-18-28)19-31(29-5-3-4-6-30(29)33(38)41)34(42)40-32(20-24-11-15-27(36)16-12-24)35(43)39-22-26-9-7-25(21-37)8-10-26/h3-18,31-32H,2,19-22,37H2,1H3,(H2,38,41)(H,39,43)(H,40,42)/t31-,32+/m1/s1. The average Bonchev–Trinajstić information content (AvgIpc) is 3.04. The number of hydrogen-bond acceptors (Lipinski definition) is 5. The highest BCUT2D eigenvalue weighted by Crippen LogP contribution is 2.26. The molecule has 0 unspecified atom stereocenters. The fourth-order valence-corrected chi connectivity index (χ4v) is 5.06. The third-order valence-electron chi connectivity index (χ3n) is 7.30. The van der Waals surface area contributed by atoms with Crippen LogP contribution in [0.1, 0.15) is 51.0 Å². The molecule has 2 atom stereocenters. The van der Waals surface area contributed by atoms with E-state index in [1.54, 1.807) is 36.4 Å². The van der Waals surface area contributed by atoms with Gasteiger partial charge in [-0.15, -0.1) is 0 Å². The van der Waals surface area contributed by atoms with Crippen molar-refractivity contribution in [3.8, 4) is 5.75 Å². The SMILES string of the molecule is CCOc1ccc(C[C@@H](C(=O)N[C@@H](Cc2ccc(Cl)cc2)C(=O)NCc2ccc(CN)cc2)c2ccccc2C(N)=O)cc1. The number of hydrogen-bond donors (Lipinski definition) is 4. The predicted octanol–water partition coefficient (Wildman–Crippen LogP) is 4.67. The van der Waals surface area contributed by atoms with Gasteiger partial charge in [-0.25, -0.2) is 0 Å². The minimum atomic E-state index is -0.907. The summed E-state index contributed by atoms with van der Waals surface area (Å²) >= 11 is 6.09. The molecule has 0 aliphatic heterocycles. The van der Waals surface area contributed by atoms with Crippen LogP contribution in [0, 0.1) is 0 Å². The molecule has 228 valence electrons. The third kappa shape index (κ3) is 8.92. The Bertz CT molecular complexity index is 1560. The lowest BCUT2D eigenvalue weighted by Gasteiger charge is -2.24. The number of benzene rings is 4. The van der Waals surface area contributed by atoms with Crippen molar-refractivity contribution in [2.24, 2.45) is 11.5 Å². The van der Waals surface area contributed by atoms with E-state index in [2.05, 4.69) is 10.6 Å². The Kier molecular flexibility index (Phi) is 11.5. The van der Waals surface area contributed by atoms with E-state index in [0.29, 0.717) is 29.5 Å². The maximum absolute atomic E-state index is 14.1. The van der Waals surface area contributed by atoms with E-state index in [0.717, 1.165) is 22.3 Å². The number of rotatable bonds is 14. The Labute approximate surface area is 262 Å². The highest BCUT2D eigenvalue weighted by molar-refractivity contribution is 6.30. The molecule has 6 N–H and O–H groups in total. The fraction of sp³-hybridized carbons (Fsp3) is 0.229. The van der Waals surface area contributed by atoms with Crippen LogP contribution in [0.2, 0.25) is 5.02 Å². The summed E-state index contributed by atoms with van der Waals surface area (Å²) in [4.78, 5) is 40.0. The first-order chi connectivity index (χ1) is 21.3. The molecule has 9 heteroatoms. The van der Waals surface area contributed by atoms with Gasteiger partial charge in [-0.05, 0) is 71.5 Å². The predicted molar refractivity (Wildman–Crippen MR) is 172 cm³/mol. The summed E-state index contributed by atoms with van der Waals surface area (Å²) in [5, 5.41) is 6.49. The molecular formula is C35H37ClN4O4. The molecule has 4 aromatic rings. The van der Waals surface area contributed by atoms with E-state index in [1.165, 1.54) is 0 Å². The molecule has 8 nitrogen and oxygen atoms in total. The maximum Gasteiger partial charge on any atom is 0.249 e. The van der Waals surface area contributed by atoms with Crippen LogP contribution in [-0.4, -0.2) is 30.4 Å². The lowest BCUT2D eigenvalue weighted by Crippen LogP contribution is -2.49. The first kappa shape index (κ1) is 32.3. The molecule has 0 saturated heterocycles. The van der Waals surface area contributed by atoms with Crippen LogP contribution in [0.25, 0.3) is 0 Å². The van der Waals surface area contributed by atoms with Crippen LogP contribution in [0.15, 0.2) is 97.1 Å². The summed E-state index contributed by atoms with van der Waals surface area (Å²) in [6.45, 7) is 3.14. The zero-order chi connectivity index (χ0) is 31.5. The van der Waals surface area contributed by atoms with Crippen LogP contribution in [-0.2, 0) is 35.5 Å². The van der Waals surface area contributed by atoms with Gasteiger partial charge in [0.05, 0.1) is 12.5 Å². The maximum atomic E-state index is 14.1. The number of halogens is 1. The second-order valence-corrected chi connectivity index (χ2v) is 10.9. The molecule has 0 saturated carbocycles. The van der Waals surface area contributed by atoms with Crippen LogP contribution in [0.3, 0.4) is 0 Å². The van der Waals surface area contributed by atoms with E-state index >= 15 is 0 Å². The van der Waals surface area contributed by atoms with Crippen molar-refractivity contribution in [1.29, 1.82) is 0 Å². The molecule has 0 aromatic heterocycles. The van der Waals surface area contributed by atoms with Gasteiger partial charge in [0.15, 0.2) is 0 Å². The molecule has 3 amide bonds. The molecule has 4 rings (SSSR count). The second kappa shape index (κ2) is 15.7. The van der Waals surface area contributed by atoms with Gasteiger partial charge >= 0.3 is 0 Å². The summed E-state index contributed by atoms with van der Waals surface area (Å²) in [6.07, 6.45) is 0.499. The first-order valence-corrected chi connectivity index (χ1v) is 14.9. The lowest BCUT2D eigenvalue weighted by molar-refractivity contribution is -0.129. The highest BCUT2D eigenvalue weighted by Gasteiger charge is 2.29. The molecule has 0 fully saturated rings. The van der Waals surface area contributed by atoms with Crippen molar-refractivity contribution < 1.29 is 19.1 Å². The van der Waals surface area contributed by atoms with Gasteiger partial charge in [0.25, 0.3) is 0 Å². The van der Waals surface area contributed by atoms with E-state index in [9.17, 15) is 14.4 Å².